The Morgan fingerprint density at radius 1 is 1.43 bits per heavy atom. The molecule has 1 aliphatic rings. The Bertz CT molecular complexity index is 1210. The van der Waals surface area contributed by atoms with Crippen molar-refractivity contribution in [1.82, 2.24) is 9.47 Å². The molecule has 2 aromatic rings. The summed E-state index contributed by atoms with van der Waals surface area (Å²) in [7, 11) is 4.38. The van der Waals surface area contributed by atoms with Crippen molar-refractivity contribution in [3.8, 4) is 6.07 Å². The van der Waals surface area contributed by atoms with Crippen molar-refractivity contribution >= 4 is 52.0 Å². The van der Waals surface area contributed by atoms with Crippen molar-refractivity contribution in [2.75, 3.05) is 21.2 Å². The molecule has 0 saturated heterocycles. The smallest absolute Gasteiger partial charge is 0.332 e. The number of aromatic nitrogens is 1. The second-order valence-electron chi connectivity index (χ2n) is 6.05. The van der Waals surface area contributed by atoms with Crippen LogP contribution in [0.5, 0.6) is 0 Å². The van der Waals surface area contributed by atoms with Crippen molar-refractivity contribution in [1.29, 1.82) is 5.26 Å². The molecule has 0 aromatic carbocycles. The molecule has 0 bridgehead atoms. The summed E-state index contributed by atoms with van der Waals surface area (Å²) in [6.45, 7) is 0. The molecule has 0 saturated carbocycles. The molecule has 2 N–H and O–H groups in total. The van der Waals surface area contributed by atoms with Crippen LogP contribution < -0.4 is 20.5 Å². The number of rotatable bonds is 3. The van der Waals surface area contributed by atoms with Crippen LogP contribution >= 0.6 is 22.7 Å². The minimum atomic E-state index is -0.699. The van der Waals surface area contributed by atoms with Crippen molar-refractivity contribution in [2.24, 2.45) is 5.73 Å². The van der Waals surface area contributed by atoms with Crippen LogP contribution in [0.3, 0.4) is 0 Å². The van der Waals surface area contributed by atoms with Crippen LogP contribution in [0, 0.1) is 11.3 Å². The zero-order chi connectivity index (χ0) is 20.6. The minimum absolute atomic E-state index is 0.0445. The fourth-order valence-corrected chi connectivity index (χ4v) is 4.87. The molecule has 1 atom stereocenters. The predicted molar refractivity (Wildman–Crippen MR) is 106 cm³/mol. The molecule has 8 nitrogen and oxygen atoms in total. The van der Waals surface area contributed by atoms with Crippen LogP contribution in [-0.4, -0.2) is 42.5 Å². The summed E-state index contributed by atoms with van der Waals surface area (Å²) >= 11 is 2.35. The first-order chi connectivity index (χ1) is 13.3. The normalized spacial score (nSPS) is 16.6. The fraction of sp³-hybridized carbons (Fsp3) is 0.222. The maximum absolute atomic E-state index is 13.0. The van der Waals surface area contributed by atoms with E-state index in [9.17, 15) is 19.6 Å². The van der Waals surface area contributed by atoms with Gasteiger partial charge >= 0.3 is 5.97 Å². The topological polar surface area (TPSA) is 118 Å². The number of thiophene rings is 1. The van der Waals surface area contributed by atoms with Crippen molar-refractivity contribution in [2.45, 2.75) is 5.92 Å². The first-order valence-electron chi connectivity index (χ1n) is 8.02. The highest BCUT2D eigenvalue weighted by molar-refractivity contribution is 7.10. The number of fused-ring (bicyclic) bond motifs is 1. The molecule has 144 valence electrons. The lowest BCUT2D eigenvalue weighted by molar-refractivity contribution is -0.133. The van der Waals surface area contributed by atoms with E-state index >= 15 is 0 Å². The van der Waals surface area contributed by atoms with Gasteiger partial charge in [-0.25, -0.2) is 4.79 Å². The van der Waals surface area contributed by atoms with Gasteiger partial charge in [-0.3, -0.25) is 14.2 Å². The lowest BCUT2D eigenvalue weighted by Crippen LogP contribution is -2.41. The quantitative estimate of drug-likeness (QED) is 0.681. The Morgan fingerprint density at radius 3 is 2.68 bits per heavy atom. The number of nitrogens with two attached hydrogens (primary N) is 1. The van der Waals surface area contributed by atoms with E-state index < -0.39 is 17.4 Å². The van der Waals surface area contributed by atoms with Gasteiger partial charge in [0.15, 0.2) is 0 Å². The third-order valence-corrected chi connectivity index (χ3v) is 6.23. The van der Waals surface area contributed by atoms with E-state index in [1.54, 1.807) is 14.1 Å². The maximum Gasteiger partial charge on any atom is 0.332 e. The van der Waals surface area contributed by atoms with Crippen LogP contribution in [0.2, 0.25) is 0 Å². The molecule has 3 heterocycles. The van der Waals surface area contributed by atoms with Gasteiger partial charge in [0, 0.05) is 25.0 Å². The summed E-state index contributed by atoms with van der Waals surface area (Å²) in [4.78, 5) is 39.7. The Hall–Kier alpha value is -3.16. The van der Waals surface area contributed by atoms with E-state index in [4.69, 9.17) is 5.73 Å². The van der Waals surface area contributed by atoms with E-state index in [2.05, 4.69) is 10.8 Å². The summed E-state index contributed by atoms with van der Waals surface area (Å²) < 4.78 is 6.08. The number of carbonyl (C=O) groups excluding carboxylic acids is 2. The zero-order valence-corrected chi connectivity index (χ0v) is 16.9. The molecule has 1 amide bonds. The van der Waals surface area contributed by atoms with Gasteiger partial charge in [0.05, 0.1) is 30.2 Å². The van der Waals surface area contributed by atoms with Gasteiger partial charge in [0.2, 0.25) is 0 Å². The van der Waals surface area contributed by atoms with Crippen LogP contribution in [0.1, 0.15) is 10.8 Å². The molecule has 28 heavy (non-hydrogen) atoms. The van der Waals surface area contributed by atoms with E-state index in [-0.39, 0.29) is 27.4 Å². The Labute approximate surface area is 167 Å². The highest BCUT2D eigenvalue weighted by Gasteiger charge is 2.36. The average molecular weight is 416 g/mol. The average Bonchev–Trinajstić information content (AvgIpc) is 3.29. The number of ether oxygens (including phenoxy) is 1. The lowest BCUT2D eigenvalue weighted by atomic mass is 9.88. The number of methoxy groups -OCH3 is 1. The molecule has 1 aliphatic heterocycles. The molecular weight excluding hydrogens is 400 g/mol. The van der Waals surface area contributed by atoms with Crippen molar-refractivity contribution in [3.63, 3.8) is 0 Å². The highest BCUT2D eigenvalue weighted by Crippen LogP contribution is 2.38. The Balaban J connectivity index is 2.50. The first-order valence-corrected chi connectivity index (χ1v) is 9.72. The van der Waals surface area contributed by atoms with Crippen LogP contribution in [0.4, 0.5) is 0 Å². The summed E-state index contributed by atoms with van der Waals surface area (Å²) in [5.41, 5.74) is 5.98. The Kier molecular flexibility index (Phi) is 5.22. The van der Waals surface area contributed by atoms with Gasteiger partial charge in [-0.1, -0.05) is 6.07 Å². The first kappa shape index (κ1) is 19.6. The molecular formula is C18H16N4O4S2. The highest BCUT2D eigenvalue weighted by atomic mass is 32.1. The molecule has 10 heteroatoms. The second-order valence-corrected chi connectivity index (χ2v) is 8.06. The maximum atomic E-state index is 13.0. The standard InChI is InChI=1S/C18H16N4O4S2/c1-21(2)17(25)14-13(10-5-4-6-27-10)9(8-19)15(20)22-16(24)11(28-18(14)22)7-12(23)26-3/h4-7,13H,20H2,1-3H3/b11-7-/t13-/m0/s1. The molecule has 0 aliphatic carbocycles. The van der Waals surface area contributed by atoms with Crippen molar-refractivity contribution in [3.05, 3.63) is 47.5 Å². The van der Waals surface area contributed by atoms with Gasteiger partial charge in [-0.15, -0.1) is 22.7 Å². The van der Waals surface area contributed by atoms with E-state index in [0.717, 1.165) is 26.9 Å². The van der Waals surface area contributed by atoms with Crippen LogP contribution in [-0.2, 0) is 14.3 Å². The number of thiazole rings is 1. The van der Waals surface area contributed by atoms with E-state index in [1.165, 1.54) is 23.3 Å². The van der Waals surface area contributed by atoms with Gasteiger partial charge in [0.25, 0.3) is 11.5 Å². The summed E-state index contributed by atoms with van der Waals surface area (Å²) in [5, 5.41) is 11.6. The van der Waals surface area contributed by atoms with Gasteiger partial charge in [-0.2, -0.15) is 5.26 Å². The summed E-state index contributed by atoms with van der Waals surface area (Å²) in [6, 6.07) is 5.68. The summed E-state index contributed by atoms with van der Waals surface area (Å²) in [5.74, 6) is -1.78. The largest absolute Gasteiger partial charge is 0.466 e. The number of esters is 1. The van der Waals surface area contributed by atoms with Gasteiger partial charge in [0.1, 0.15) is 15.0 Å². The van der Waals surface area contributed by atoms with Crippen molar-refractivity contribution < 1.29 is 14.3 Å². The molecule has 2 aromatic heterocycles. The van der Waals surface area contributed by atoms with Gasteiger partial charge in [-0.05, 0) is 11.4 Å². The molecule has 3 rings (SSSR count). The lowest BCUT2D eigenvalue weighted by Gasteiger charge is -2.25. The zero-order valence-electron chi connectivity index (χ0n) is 15.3. The number of carbonyl (C=O) groups is 2. The predicted octanol–water partition coefficient (Wildman–Crippen LogP) is -0.388. The van der Waals surface area contributed by atoms with Crippen LogP contribution in [0.25, 0.3) is 17.5 Å². The Morgan fingerprint density at radius 2 is 2.14 bits per heavy atom. The molecule has 0 fully saturated rings. The van der Waals surface area contributed by atoms with Crippen LogP contribution in [0.15, 0.2) is 27.9 Å². The molecule has 0 spiro atoms. The van der Waals surface area contributed by atoms with E-state index in [0.29, 0.717) is 4.66 Å². The third-order valence-electron chi connectivity index (χ3n) is 4.18. The van der Waals surface area contributed by atoms with Gasteiger partial charge < -0.3 is 15.4 Å². The monoisotopic (exact) mass is 416 g/mol. The number of allylic oxidation sites excluding steroid dienone is 1. The third kappa shape index (κ3) is 3.04. The summed E-state index contributed by atoms with van der Waals surface area (Å²) in [6.07, 6.45) is 1.05. The second kappa shape index (κ2) is 7.46. The fourth-order valence-electron chi connectivity index (χ4n) is 2.90. The number of hydrogen-bond donors (Lipinski definition) is 1. The number of amides is 1. The SMILES string of the molecule is COC(=O)/C=c1\sc2n(c1=O)C(N)=C(C#N)[C@@H](c1cccs1)C=2C(=O)N(C)C. The molecule has 0 radical (unpaired) electrons. The number of nitrogens with zero attached hydrogens (tertiary/aromatic N) is 3. The van der Waals surface area contributed by atoms with E-state index in [1.807, 2.05) is 17.5 Å². The molecule has 0 unspecified atom stereocenters. The minimum Gasteiger partial charge on any atom is -0.466 e. The number of hydrogen-bond acceptors (Lipinski definition) is 8. The number of nitriles is 1.